The van der Waals surface area contributed by atoms with Crippen molar-refractivity contribution in [3.8, 4) is 5.75 Å². The quantitative estimate of drug-likeness (QED) is 0.557. The summed E-state index contributed by atoms with van der Waals surface area (Å²) in [5, 5.41) is 11.1. The van der Waals surface area contributed by atoms with E-state index in [0.717, 1.165) is 37.0 Å². The zero-order chi connectivity index (χ0) is 23.1. The van der Waals surface area contributed by atoms with Gasteiger partial charge >= 0.3 is 0 Å². The minimum Gasteiger partial charge on any atom is -0.491 e. The number of aryl methyl sites for hydroxylation is 1. The maximum absolute atomic E-state index is 10.3. The Morgan fingerprint density at radius 3 is 2.34 bits per heavy atom. The molecule has 176 valence electrons. The molecule has 1 heterocycles. The Bertz CT molecular complexity index is 843. The monoisotopic (exact) mass is 460 g/mol. The van der Waals surface area contributed by atoms with Crippen molar-refractivity contribution >= 4 is 17.3 Å². The first-order chi connectivity index (χ1) is 15.2. The van der Waals surface area contributed by atoms with Crippen LogP contribution in [0, 0.1) is 6.92 Å². The summed E-state index contributed by atoms with van der Waals surface area (Å²) in [6.45, 7) is 14.3. The van der Waals surface area contributed by atoms with E-state index in [-0.39, 0.29) is 5.41 Å². The summed E-state index contributed by atoms with van der Waals surface area (Å²) in [6, 6.07) is 14.2. The first kappa shape index (κ1) is 24.8. The highest BCUT2D eigenvalue weighted by Gasteiger charge is 2.20. The number of halogens is 1. The molecule has 1 atom stereocenters. The first-order valence-electron chi connectivity index (χ1n) is 11.4. The highest BCUT2D eigenvalue weighted by molar-refractivity contribution is 6.30. The van der Waals surface area contributed by atoms with E-state index >= 15 is 0 Å². The predicted molar refractivity (Wildman–Crippen MR) is 132 cm³/mol. The number of ether oxygens (including phenoxy) is 2. The molecule has 5 nitrogen and oxygen atoms in total. The molecule has 0 aliphatic carbocycles. The fourth-order valence-electron chi connectivity index (χ4n) is 3.93. The third-order valence-electron chi connectivity index (χ3n) is 5.88. The van der Waals surface area contributed by atoms with Crippen LogP contribution in [0.25, 0.3) is 0 Å². The van der Waals surface area contributed by atoms with Gasteiger partial charge in [0, 0.05) is 43.4 Å². The van der Waals surface area contributed by atoms with Gasteiger partial charge in [-0.2, -0.15) is 0 Å². The molecule has 0 amide bonds. The van der Waals surface area contributed by atoms with Crippen LogP contribution >= 0.6 is 11.6 Å². The summed E-state index contributed by atoms with van der Waals surface area (Å²) in [7, 11) is 0. The maximum Gasteiger partial charge on any atom is 0.119 e. The summed E-state index contributed by atoms with van der Waals surface area (Å²) < 4.78 is 11.4. The fraction of sp³-hybridized carbons (Fsp3) is 0.538. The summed E-state index contributed by atoms with van der Waals surface area (Å²) >= 11 is 6.17. The number of rotatable bonds is 9. The summed E-state index contributed by atoms with van der Waals surface area (Å²) in [5.41, 5.74) is 3.86. The van der Waals surface area contributed by atoms with Gasteiger partial charge in [0.05, 0.1) is 19.3 Å². The zero-order valence-electron chi connectivity index (χ0n) is 19.8. The van der Waals surface area contributed by atoms with E-state index in [4.69, 9.17) is 21.1 Å². The molecule has 0 unspecified atom stereocenters. The Balaban J connectivity index is 1.30. The third kappa shape index (κ3) is 7.38. The van der Waals surface area contributed by atoms with E-state index in [0.29, 0.717) is 26.4 Å². The molecule has 0 saturated carbocycles. The van der Waals surface area contributed by atoms with Crippen molar-refractivity contribution in [2.24, 2.45) is 0 Å². The molecule has 0 radical (unpaired) electrons. The lowest BCUT2D eigenvalue weighted by molar-refractivity contribution is 0.00718. The molecule has 0 aromatic heterocycles. The van der Waals surface area contributed by atoms with Gasteiger partial charge in [-0.05, 0) is 47.7 Å². The predicted octanol–water partition coefficient (Wildman–Crippen LogP) is 4.52. The number of β-amino-alcohol motifs (C(OH)–C–C–N with tert-alkyl or cyclic N) is 1. The number of piperazine rings is 1. The molecule has 2 aromatic carbocycles. The number of hydrogen-bond donors (Lipinski definition) is 1. The van der Waals surface area contributed by atoms with Crippen molar-refractivity contribution in [2.75, 3.05) is 57.4 Å². The molecule has 3 rings (SSSR count). The van der Waals surface area contributed by atoms with Crippen LogP contribution in [0.2, 0.25) is 5.02 Å². The normalized spacial score (nSPS) is 16.2. The molecule has 0 spiro atoms. The highest BCUT2D eigenvalue weighted by atomic mass is 35.5. The van der Waals surface area contributed by atoms with Crippen LogP contribution in [0.4, 0.5) is 5.69 Å². The van der Waals surface area contributed by atoms with Gasteiger partial charge < -0.3 is 19.5 Å². The van der Waals surface area contributed by atoms with Crippen molar-refractivity contribution in [3.63, 3.8) is 0 Å². The third-order valence-corrected chi connectivity index (χ3v) is 6.12. The van der Waals surface area contributed by atoms with E-state index in [9.17, 15) is 5.11 Å². The second-order valence-electron chi connectivity index (χ2n) is 9.57. The Labute approximate surface area is 197 Å². The number of aliphatic hydroxyl groups excluding tert-OH is 1. The smallest absolute Gasteiger partial charge is 0.119 e. The number of anilines is 1. The molecule has 1 N–H and O–H groups in total. The Morgan fingerprint density at radius 2 is 1.69 bits per heavy atom. The topological polar surface area (TPSA) is 45.2 Å². The summed E-state index contributed by atoms with van der Waals surface area (Å²) in [4.78, 5) is 4.66. The minimum absolute atomic E-state index is 0.138. The number of nitrogens with zero attached hydrogens (tertiary/aromatic N) is 2. The zero-order valence-corrected chi connectivity index (χ0v) is 20.6. The fourth-order valence-corrected chi connectivity index (χ4v) is 4.10. The van der Waals surface area contributed by atoms with Crippen molar-refractivity contribution in [3.05, 3.63) is 58.6 Å². The van der Waals surface area contributed by atoms with Gasteiger partial charge in [0.2, 0.25) is 0 Å². The van der Waals surface area contributed by atoms with E-state index in [1.165, 1.54) is 16.8 Å². The summed E-state index contributed by atoms with van der Waals surface area (Å²) in [6.07, 6.45) is -0.500. The first-order valence-corrected chi connectivity index (χ1v) is 11.8. The van der Waals surface area contributed by atoms with Crippen molar-refractivity contribution in [1.29, 1.82) is 0 Å². The lowest BCUT2D eigenvalue weighted by atomic mass is 9.87. The molecule has 2 aromatic rings. The lowest BCUT2D eigenvalue weighted by Crippen LogP contribution is -2.49. The van der Waals surface area contributed by atoms with Crippen LogP contribution < -0.4 is 9.64 Å². The molecule has 1 fully saturated rings. The van der Waals surface area contributed by atoms with Gasteiger partial charge in [0.1, 0.15) is 12.4 Å². The standard InChI is InChI=1S/C26H37ClN2O3/c1-20-5-8-22(27)17-25(20)29-13-11-28(12-14-29)18-23(30)19-31-15-16-32-24-9-6-21(7-10-24)26(2,3)4/h5-10,17,23,30H,11-16,18-19H2,1-4H3/t23-/m0/s1. The van der Waals surface area contributed by atoms with Crippen molar-refractivity contribution in [1.82, 2.24) is 4.90 Å². The van der Waals surface area contributed by atoms with Gasteiger partial charge in [0.25, 0.3) is 0 Å². The Hall–Kier alpha value is -1.79. The van der Waals surface area contributed by atoms with Crippen LogP contribution in [0.1, 0.15) is 31.9 Å². The maximum atomic E-state index is 10.3. The van der Waals surface area contributed by atoms with Crippen molar-refractivity contribution < 1.29 is 14.6 Å². The van der Waals surface area contributed by atoms with E-state index < -0.39 is 6.10 Å². The molecule has 32 heavy (non-hydrogen) atoms. The highest BCUT2D eigenvalue weighted by Crippen LogP contribution is 2.26. The molecule has 1 aliphatic heterocycles. The van der Waals surface area contributed by atoms with Crippen LogP contribution in [-0.4, -0.2) is 68.7 Å². The van der Waals surface area contributed by atoms with Gasteiger partial charge in [-0.15, -0.1) is 0 Å². The Kier molecular flexibility index (Phi) is 8.83. The van der Waals surface area contributed by atoms with Crippen LogP contribution in [0.15, 0.2) is 42.5 Å². The number of benzene rings is 2. The Morgan fingerprint density at radius 1 is 1.00 bits per heavy atom. The second kappa shape index (κ2) is 11.4. The van der Waals surface area contributed by atoms with Gasteiger partial charge in [-0.3, -0.25) is 4.90 Å². The van der Waals surface area contributed by atoms with E-state index in [1.54, 1.807) is 0 Å². The molecular weight excluding hydrogens is 424 g/mol. The van der Waals surface area contributed by atoms with E-state index in [2.05, 4.69) is 55.7 Å². The van der Waals surface area contributed by atoms with Gasteiger partial charge in [-0.25, -0.2) is 0 Å². The minimum atomic E-state index is -0.500. The second-order valence-corrected chi connectivity index (χ2v) is 10.0. The largest absolute Gasteiger partial charge is 0.491 e. The number of aliphatic hydroxyl groups is 1. The molecule has 1 aliphatic rings. The average Bonchev–Trinajstić information content (AvgIpc) is 2.75. The summed E-state index contributed by atoms with van der Waals surface area (Å²) in [5.74, 6) is 0.843. The molecular formula is C26H37ClN2O3. The van der Waals surface area contributed by atoms with Crippen LogP contribution in [0.3, 0.4) is 0 Å². The average molecular weight is 461 g/mol. The number of hydrogen-bond acceptors (Lipinski definition) is 5. The SMILES string of the molecule is Cc1ccc(Cl)cc1N1CCN(C[C@H](O)COCCOc2ccc(C(C)(C)C)cc2)CC1. The van der Waals surface area contributed by atoms with Crippen LogP contribution in [-0.2, 0) is 10.2 Å². The lowest BCUT2D eigenvalue weighted by Gasteiger charge is -2.37. The molecule has 0 bridgehead atoms. The van der Waals surface area contributed by atoms with Gasteiger partial charge in [0.15, 0.2) is 0 Å². The van der Waals surface area contributed by atoms with Crippen molar-refractivity contribution in [2.45, 2.75) is 39.2 Å². The molecule has 1 saturated heterocycles. The van der Waals surface area contributed by atoms with Gasteiger partial charge in [-0.1, -0.05) is 50.6 Å². The van der Waals surface area contributed by atoms with E-state index in [1.807, 2.05) is 24.3 Å². The molecule has 6 heteroatoms. The van der Waals surface area contributed by atoms with Crippen LogP contribution in [0.5, 0.6) is 5.75 Å².